The van der Waals surface area contributed by atoms with Crippen molar-refractivity contribution in [1.29, 1.82) is 0 Å². The molecule has 0 spiro atoms. The molecule has 122 valence electrons. The lowest BCUT2D eigenvalue weighted by molar-refractivity contribution is -0.128. The average Bonchev–Trinajstić information content (AvgIpc) is 3.09. The van der Waals surface area contributed by atoms with Gasteiger partial charge in [0.15, 0.2) is 0 Å². The maximum atomic E-state index is 12.8. The van der Waals surface area contributed by atoms with Crippen LogP contribution in [-0.4, -0.2) is 59.0 Å². The second-order valence-corrected chi connectivity index (χ2v) is 7.95. The molecule has 2 fully saturated rings. The highest BCUT2D eigenvalue weighted by Crippen LogP contribution is 2.26. The maximum absolute atomic E-state index is 12.8. The summed E-state index contributed by atoms with van der Waals surface area (Å²) in [6.07, 6.45) is 7.06. The maximum Gasteiger partial charge on any atom is 0.246 e. The highest BCUT2D eigenvalue weighted by Gasteiger charge is 2.36. The number of piperidine rings is 1. The number of likely N-dealkylation sites (tertiary alicyclic amines) is 1. The third kappa shape index (κ3) is 2.89. The Morgan fingerprint density at radius 3 is 2.73 bits per heavy atom. The minimum atomic E-state index is -3.54. The molecule has 7 nitrogen and oxygen atoms in total. The first-order chi connectivity index (χ1) is 10.5. The molecular weight excluding hydrogens is 304 g/mol. The number of carbonyl (C=O) groups excluding carboxylic acids is 1. The van der Waals surface area contributed by atoms with Crippen LogP contribution in [0.5, 0.6) is 0 Å². The van der Waals surface area contributed by atoms with E-state index < -0.39 is 10.0 Å². The van der Waals surface area contributed by atoms with Crippen LogP contribution in [0.1, 0.15) is 32.1 Å². The van der Waals surface area contributed by atoms with Gasteiger partial charge >= 0.3 is 0 Å². The molecule has 3 heterocycles. The van der Waals surface area contributed by atoms with Gasteiger partial charge in [0, 0.05) is 45.3 Å². The van der Waals surface area contributed by atoms with Crippen LogP contribution in [0.4, 0.5) is 0 Å². The summed E-state index contributed by atoms with van der Waals surface area (Å²) in [6.45, 7) is 1.78. The van der Waals surface area contributed by atoms with Gasteiger partial charge in [0.05, 0.1) is 6.20 Å². The van der Waals surface area contributed by atoms with Crippen LogP contribution >= 0.6 is 0 Å². The molecule has 0 unspecified atom stereocenters. The van der Waals surface area contributed by atoms with E-state index in [2.05, 4.69) is 5.10 Å². The van der Waals surface area contributed by atoms with Crippen molar-refractivity contribution in [3.63, 3.8) is 0 Å². The monoisotopic (exact) mass is 326 g/mol. The van der Waals surface area contributed by atoms with Crippen molar-refractivity contribution in [3.05, 3.63) is 12.4 Å². The Hall–Kier alpha value is -1.41. The fraction of sp³-hybridized carbons (Fsp3) is 0.714. The van der Waals surface area contributed by atoms with Crippen molar-refractivity contribution in [2.24, 2.45) is 7.05 Å². The summed E-state index contributed by atoms with van der Waals surface area (Å²) in [6, 6.07) is -0.124. The van der Waals surface area contributed by atoms with E-state index in [1.54, 1.807) is 11.4 Å². The van der Waals surface area contributed by atoms with Gasteiger partial charge in [0.1, 0.15) is 4.90 Å². The van der Waals surface area contributed by atoms with E-state index in [4.69, 9.17) is 0 Å². The molecule has 2 saturated heterocycles. The molecule has 22 heavy (non-hydrogen) atoms. The Morgan fingerprint density at radius 1 is 1.27 bits per heavy atom. The standard InChI is InChI=1S/C14H22N4O3S/c1-16-11-13(9-15-16)22(20,21)18-8-3-2-5-12(18)10-17-7-4-6-14(17)19/h9,11-12H,2-8,10H2,1H3/t12-/m1/s1. The van der Waals surface area contributed by atoms with Crippen LogP contribution in [0.15, 0.2) is 17.3 Å². The Bertz CT molecular complexity index is 655. The van der Waals surface area contributed by atoms with Gasteiger partial charge in [0.25, 0.3) is 0 Å². The zero-order chi connectivity index (χ0) is 15.7. The van der Waals surface area contributed by atoms with Gasteiger partial charge in [0.2, 0.25) is 15.9 Å². The number of sulfonamides is 1. The van der Waals surface area contributed by atoms with Crippen molar-refractivity contribution in [2.45, 2.75) is 43.0 Å². The molecule has 2 aliphatic rings. The molecule has 8 heteroatoms. The Balaban J connectivity index is 1.81. The second kappa shape index (κ2) is 6.00. The number of amides is 1. The molecule has 0 N–H and O–H groups in total. The number of nitrogens with zero attached hydrogens (tertiary/aromatic N) is 4. The third-order valence-electron chi connectivity index (χ3n) is 4.46. The summed E-state index contributed by atoms with van der Waals surface area (Å²) in [5.41, 5.74) is 0. The quantitative estimate of drug-likeness (QED) is 0.811. The molecule has 1 atom stereocenters. The molecule has 0 aliphatic carbocycles. The lowest BCUT2D eigenvalue weighted by Gasteiger charge is -2.36. The third-order valence-corrected chi connectivity index (χ3v) is 6.37. The van der Waals surface area contributed by atoms with Crippen LogP contribution in [-0.2, 0) is 21.9 Å². The summed E-state index contributed by atoms with van der Waals surface area (Å²) in [4.78, 5) is 13.9. The number of carbonyl (C=O) groups is 1. The lowest BCUT2D eigenvalue weighted by atomic mass is 10.0. The van der Waals surface area contributed by atoms with E-state index in [-0.39, 0.29) is 16.8 Å². The molecule has 0 radical (unpaired) electrons. The summed E-state index contributed by atoms with van der Waals surface area (Å²) >= 11 is 0. The van der Waals surface area contributed by atoms with E-state index >= 15 is 0 Å². The Kier molecular flexibility index (Phi) is 4.22. The summed E-state index contributed by atoms with van der Waals surface area (Å²) in [5, 5.41) is 3.96. The highest BCUT2D eigenvalue weighted by atomic mass is 32.2. The van der Waals surface area contributed by atoms with Crippen molar-refractivity contribution in [2.75, 3.05) is 19.6 Å². The number of aromatic nitrogens is 2. The Labute approximate surface area is 130 Å². The van der Waals surface area contributed by atoms with Crippen LogP contribution in [0.2, 0.25) is 0 Å². The van der Waals surface area contributed by atoms with Crippen LogP contribution in [0.25, 0.3) is 0 Å². The van der Waals surface area contributed by atoms with Gasteiger partial charge < -0.3 is 4.90 Å². The minimum Gasteiger partial charge on any atom is -0.341 e. The van der Waals surface area contributed by atoms with Crippen molar-refractivity contribution in [1.82, 2.24) is 19.0 Å². The molecule has 1 amide bonds. The zero-order valence-electron chi connectivity index (χ0n) is 12.8. The first-order valence-corrected chi connectivity index (χ1v) is 9.21. The fourth-order valence-corrected chi connectivity index (χ4v) is 4.96. The van der Waals surface area contributed by atoms with Gasteiger partial charge in [-0.25, -0.2) is 8.42 Å². The molecule has 3 rings (SSSR count). The number of rotatable bonds is 4. The van der Waals surface area contributed by atoms with Crippen molar-refractivity contribution >= 4 is 15.9 Å². The summed E-state index contributed by atoms with van der Waals surface area (Å²) in [5.74, 6) is 0.143. The minimum absolute atomic E-state index is 0.124. The van der Waals surface area contributed by atoms with Crippen LogP contribution < -0.4 is 0 Å². The molecule has 0 saturated carbocycles. The molecular formula is C14H22N4O3S. The summed E-state index contributed by atoms with van der Waals surface area (Å²) in [7, 11) is -1.83. The van der Waals surface area contributed by atoms with Gasteiger partial charge in [-0.3, -0.25) is 9.48 Å². The highest BCUT2D eigenvalue weighted by molar-refractivity contribution is 7.89. The van der Waals surface area contributed by atoms with Crippen molar-refractivity contribution < 1.29 is 13.2 Å². The summed E-state index contributed by atoms with van der Waals surface area (Å²) < 4.78 is 28.7. The smallest absolute Gasteiger partial charge is 0.246 e. The van der Waals surface area contributed by atoms with Gasteiger partial charge in [-0.1, -0.05) is 6.42 Å². The number of aryl methyl sites for hydroxylation is 1. The average molecular weight is 326 g/mol. The number of hydrogen-bond donors (Lipinski definition) is 0. The first kappa shape index (κ1) is 15.5. The normalized spacial score (nSPS) is 24.1. The number of hydrogen-bond acceptors (Lipinski definition) is 4. The van der Waals surface area contributed by atoms with Crippen LogP contribution in [0.3, 0.4) is 0 Å². The second-order valence-electron chi connectivity index (χ2n) is 6.06. The van der Waals surface area contributed by atoms with E-state index in [0.717, 1.165) is 32.2 Å². The van der Waals surface area contributed by atoms with Crippen molar-refractivity contribution in [3.8, 4) is 0 Å². The molecule has 1 aromatic rings. The molecule has 2 aliphatic heterocycles. The van der Waals surface area contributed by atoms with Crippen LogP contribution in [0, 0.1) is 0 Å². The fourth-order valence-electron chi connectivity index (χ4n) is 3.29. The van der Waals surface area contributed by atoms with E-state index in [0.29, 0.717) is 19.5 Å². The molecule has 1 aromatic heterocycles. The first-order valence-electron chi connectivity index (χ1n) is 7.77. The lowest BCUT2D eigenvalue weighted by Crippen LogP contribution is -2.49. The molecule has 0 aromatic carbocycles. The molecule has 0 bridgehead atoms. The van der Waals surface area contributed by atoms with Gasteiger partial charge in [-0.15, -0.1) is 0 Å². The predicted molar refractivity (Wildman–Crippen MR) is 80.6 cm³/mol. The SMILES string of the molecule is Cn1cc(S(=O)(=O)N2CCCC[C@@H]2CN2CCCC2=O)cn1. The largest absolute Gasteiger partial charge is 0.341 e. The van der Waals surface area contributed by atoms with Gasteiger partial charge in [-0.05, 0) is 19.3 Å². The zero-order valence-corrected chi connectivity index (χ0v) is 13.6. The Morgan fingerprint density at radius 2 is 2.09 bits per heavy atom. The van der Waals surface area contributed by atoms with E-state index in [9.17, 15) is 13.2 Å². The van der Waals surface area contributed by atoms with E-state index in [1.165, 1.54) is 17.1 Å². The van der Waals surface area contributed by atoms with E-state index in [1.807, 2.05) is 4.90 Å². The van der Waals surface area contributed by atoms with Gasteiger partial charge in [-0.2, -0.15) is 9.40 Å². The topological polar surface area (TPSA) is 75.5 Å². The predicted octanol–water partition coefficient (Wildman–Crippen LogP) is 0.586.